The third-order valence-electron chi connectivity index (χ3n) is 4.08. The summed E-state index contributed by atoms with van der Waals surface area (Å²) < 4.78 is 2.04. The molecule has 2 aromatic carbocycles. The molecule has 0 spiro atoms. The van der Waals surface area contributed by atoms with E-state index in [1.807, 2.05) is 60.1 Å². The first-order valence-electron chi connectivity index (χ1n) is 8.18. The second kappa shape index (κ2) is 7.18. The zero-order chi connectivity index (χ0) is 17.8. The highest BCUT2D eigenvalue weighted by atomic mass is 16.1. The van der Waals surface area contributed by atoms with Gasteiger partial charge >= 0.3 is 0 Å². The van der Waals surface area contributed by atoms with Gasteiger partial charge in [-0.25, -0.2) is 4.98 Å². The van der Waals surface area contributed by atoms with E-state index in [4.69, 9.17) is 4.98 Å². The van der Waals surface area contributed by atoms with Crippen LogP contribution in [0.1, 0.15) is 12.7 Å². The predicted octanol–water partition coefficient (Wildman–Crippen LogP) is 3.95. The van der Waals surface area contributed by atoms with Crippen LogP contribution in [0.5, 0.6) is 0 Å². The number of amides is 1. The van der Waals surface area contributed by atoms with Crippen LogP contribution in [0.4, 0.5) is 0 Å². The number of carbonyl (C=O) groups excluding carboxylic acids is 1. The molecule has 25 heavy (non-hydrogen) atoms. The van der Waals surface area contributed by atoms with Gasteiger partial charge in [0.25, 0.3) is 0 Å². The normalized spacial score (nSPS) is 10.5. The van der Waals surface area contributed by atoms with Gasteiger partial charge in [0.15, 0.2) is 0 Å². The van der Waals surface area contributed by atoms with Crippen LogP contribution >= 0.6 is 0 Å². The minimum absolute atomic E-state index is 0.162. The van der Waals surface area contributed by atoms with Crippen molar-refractivity contribution in [2.45, 2.75) is 13.5 Å². The zero-order valence-corrected chi connectivity index (χ0v) is 14.5. The van der Waals surface area contributed by atoms with Gasteiger partial charge in [-0.3, -0.25) is 4.79 Å². The maximum Gasteiger partial charge on any atom is 0.246 e. The molecule has 0 saturated heterocycles. The molecule has 0 aliphatic heterocycles. The molecule has 3 rings (SSSR count). The summed E-state index contributed by atoms with van der Waals surface area (Å²) in [6.45, 7) is 5.72. The molecule has 1 amide bonds. The largest absolute Gasteiger partial charge is 0.345 e. The summed E-state index contributed by atoms with van der Waals surface area (Å²) in [5.74, 6) is 0.637. The van der Waals surface area contributed by atoms with E-state index in [0.717, 1.165) is 28.3 Å². The van der Waals surface area contributed by atoms with E-state index in [1.165, 1.54) is 0 Å². The molecule has 4 nitrogen and oxygen atoms in total. The molecule has 4 heteroatoms. The maximum atomic E-state index is 11.8. The first-order valence-corrected chi connectivity index (χ1v) is 8.18. The van der Waals surface area contributed by atoms with Crippen molar-refractivity contribution in [3.8, 4) is 22.5 Å². The number of hydrogen-bond acceptors (Lipinski definition) is 2. The van der Waals surface area contributed by atoms with Crippen LogP contribution in [-0.4, -0.2) is 15.5 Å². The van der Waals surface area contributed by atoms with E-state index >= 15 is 0 Å². The van der Waals surface area contributed by atoms with Crippen LogP contribution in [0.3, 0.4) is 0 Å². The Morgan fingerprint density at radius 3 is 2.16 bits per heavy atom. The molecular formula is C21H21N3O. The number of imidazole rings is 1. The van der Waals surface area contributed by atoms with Crippen molar-refractivity contribution in [1.82, 2.24) is 14.9 Å². The van der Waals surface area contributed by atoms with Gasteiger partial charge in [0.05, 0.1) is 17.9 Å². The number of rotatable bonds is 5. The molecule has 1 N–H and O–H groups in total. The third-order valence-corrected chi connectivity index (χ3v) is 4.08. The van der Waals surface area contributed by atoms with Crippen molar-refractivity contribution >= 4 is 5.91 Å². The van der Waals surface area contributed by atoms with Crippen LogP contribution in [0.15, 0.2) is 72.8 Å². The molecule has 0 aliphatic carbocycles. The zero-order valence-electron chi connectivity index (χ0n) is 14.5. The molecule has 126 valence electrons. The van der Waals surface area contributed by atoms with Gasteiger partial charge in [-0.15, -0.1) is 0 Å². The van der Waals surface area contributed by atoms with Gasteiger partial charge in [-0.2, -0.15) is 0 Å². The van der Waals surface area contributed by atoms with E-state index in [2.05, 4.69) is 24.0 Å². The fourth-order valence-corrected chi connectivity index (χ4v) is 2.74. The monoisotopic (exact) mass is 331 g/mol. The fraction of sp³-hybridized carbons (Fsp3) is 0.143. The van der Waals surface area contributed by atoms with Crippen molar-refractivity contribution in [3.05, 3.63) is 78.6 Å². The van der Waals surface area contributed by atoms with Gasteiger partial charge in [-0.05, 0) is 6.92 Å². The quantitative estimate of drug-likeness (QED) is 0.720. The fourth-order valence-electron chi connectivity index (χ4n) is 2.74. The van der Waals surface area contributed by atoms with Gasteiger partial charge in [0.1, 0.15) is 5.82 Å². The molecule has 0 fully saturated rings. The Hall–Kier alpha value is -3.14. The highest BCUT2D eigenvalue weighted by Crippen LogP contribution is 2.32. The van der Waals surface area contributed by atoms with Crippen LogP contribution in [0, 0.1) is 0 Å². The second-order valence-electron chi connectivity index (χ2n) is 5.98. The van der Waals surface area contributed by atoms with E-state index in [9.17, 15) is 4.79 Å². The minimum atomic E-state index is -0.162. The Kier molecular flexibility index (Phi) is 4.80. The molecule has 0 radical (unpaired) electrons. The lowest BCUT2D eigenvalue weighted by molar-refractivity contribution is -0.117. The van der Waals surface area contributed by atoms with Crippen molar-refractivity contribution in [2.24, 2.45) is 7.05 Å². The molecule has 1 aromatic heterocycles. The SMILES string of the molecule is C=C(C)C(=O)NCc1nc(-c2ccccc2)c(-c2ccccc2)n1C. The lowest BCUT2D eigenvalue weighted by atomic mass is 10.1. The summed E-state index contributed by atoms with van der Waals surface area (Å²) in [6, 6.07) is 20.2. The summed E-state index contributed by atoms with van der Waals surface area (Å²) in [4.78, 5) is 16.6. The Labute approximate surface area is 147 Å². The molecule has 0 unspecified atom stereocenters. The Bertz CT molecular complexity index is 896. The van der Waals surface area contributed by atoms with Crippen LogP contribution in [0.2, 0.25) is 0 Å². The molecule has 0 aliphatic rings. The first kappa shape index (κ1) is 16.7. The van der Waals surface area contributed by atoms with Crippen LogP contribution in [0.25, 0.3) is 22.5 Å². The average Bonchev–Trinajstić information content (AvgIpc) is 2.97. The van der Waals surface area contributed by atoms with Crippen molar-refractivity contribution in [2.75, 3.05) is 0 Å². The number of nitrogens with zero attached hydrogens (tertiary/aromatic N) is 2. The van der Waals surface area contributed by atoms with Gasteiger partial charge in [-0.1, -0.05) is 67.2 Å². The van der Waals surface area contributed by atoms with Gasteiger partial charge in [0.2, 0.25) is 5.91 Å². The topological polar surface area (TPSA) is 46.9 Å². The summed E-state index contributed by atoms with van der Waals surface area (Å²) in [5, 5.41) is 2.86. The number of nitrogens with one attached hydrogen (secondary N) is 1. The predicted molar refractivity (Wildman–Crippen MR) is 101 cm³/mol. The standard InChI is InChI=1S/C21H21N3O/c1-15(2)21(25)22-14-18-23-19(16-10-6-4-7-11-16)20(24(18)3)17-12-8-5-9-13-17/h4-13H,1,14H2,2-3H3,(H,22,25). The van der Waals surface area contributed by atoms with Crippen molar-refractivity contribution in [3.63, 3.8) is 0 Å². The maximum absolute atomic E-state index is 11.8. The minimum Gasteiger partial charge on any atom is -0.345 e. The van der Waals surface area contributed by atoms with E-state index < -0.39 is 0 Å². The molecular weight excluding hydrogens is 310 g/mol. The summed E-state index contributed by atoms with van der Waals surface area (Å²) in [5.41, 5.74) is 4.57. The smallest absolute Gasteiger partial charge is 0.246 e. The Morgan fingerprint density at radius 2 is 1.60 bits per heavy atom. The second-order valence-corrected chi connectivity index (χ2v) is 5.98. The van der Waals surface area contributed by atoms with Crippen molar-refractivity contribution < 1.29 is 4.79 Å². The Balaban J connectivity index is 2.06. The lowest BCUT2D eigenvalue weighted by Crippen LogP contribution is -2.24. The lowest BCUT2D eigenvalue weighted by Gasteiger charge is -2.08. The Morgan fingerprint density at radius 1 is 1.04 bits per heavy atom. The van der Waals surface area contributed by atoms with E-state index in [1.54, 1.807) is 6.92 Å². The number of aromatic nitrogens is 2. The average molecular weight is 331 g/mol. The number of carbonyl (C=O) groups is 1. The molecule has 0 atom stereocenters. The molecule has 1 heterocycles. The van der Waals surface area contributed by atoms with Gasteiger partial charge in [0, 0.05) is 23.7 Å². The van der Waals surface area contributed by atoms with E-state index in [-0.39, 0.29) is 5.91 Å². The number of hydrogen-bond donors (Lipinski definition) is 1. The third kappa shape index (κ3) is 3.53. The first-order chi connectivity index (χ1) is 12.1. The molecule has 0 saturated carbocycles. The van der Waals surface area contributed by atoms with Gasteiger partial charge < -0.3 is 9.88 Å². The molecule has 3 aromatic rings. The molecule has 0 bridgehead atoms. The number of benzene rings is 2. The van der Waals surface area contributed by atoms with Crippen LogP contribution in [-0.2, 0) is 18.4 Å². The van der Waals surface area contributed by atoms with Crippen LogP contribution < -0.4 is 5.32 Å². The summed E-state index contributed by atoms with van der Waals surface area (Å²) in [6.07, 6.45) is 0. The summed E-state index contributed by atoms with van der Waals surface area (Å²) in [7, 11) is 1.98. The van der Waals surface area contributed by atoms with Crippen molar-refractivity contribution in [1.29, 1.82) is 0 Å². The highest BCUT2D eigenvalue weighted by Gasteiger charge is 2.18. The summed E-state index contributed by atoms with van der Waals surface area (Å²) >= 11 is 0. The highest BCUT2D eigenvalue weighted by molar-refractivity contribution is 5.92. The van der Waals surface area contributed by atoms with E-state index in [0.29, 0.717) is 12.1 Å².